The summed E-state index contributed by atoms with van der Waals surface area (Å²) in [5, 5.41) is -0.250. The van der Waals surface area contributed by atoms with E-state index in [1.807, 2.05) is 0 Å². The van der Waals surface area contributed by atoms with Gasteiger partial charge in [-0.05, 0) is 17.7 Å². The molecular weight excluding hydrogens is 407 g/mol. The average Bonchev–Trinajstić information content (AvgIpc) is 2.75. The Bertz CT molecular complexity index is 1330. The molecule has 0 aliphatic carbocycles. The molecule has 0 aliphatic heterocycles. The Morgan fingerprint density at radius 3 is 2.17 bits per heavy atom. The summed E-state index contributed by atoms with van der Waals surface area (Å²) >= 11 is 0. The molecule has 4 rings (SSSR count). The van der Waals surface area contributed by atoms with Gasteiger partial charge in [0.05, 0.1) is 17.3 Å². The van der Waals surface area contributed by atoms with Crippen LogP contribution in [0.25, 0.3) is 22.3 Å². The van der Waals surface area contributed by atoms with Crippen LogP contribution in [0.4, 0.5) is 16.2 Å². The number of halogens is 1. The van der Waals surface area contributed by atoms with Crippen LogP contribution in [0.1, 0.15) is 0 Å². The fourth-order valence-electron chi connectivity index (χ4n) is 2.91. The SMILES string of the molecule is Nc1cnc(S(=O)(=O)c2ccccc2-c2ccc(-c3cnc(N)nc3)c(F)c2)cn1. The molecule has 0 saturated heterocycles. The van der Waals surface area contributed by atoms with Crippen LogP contribution in [0.5, 0.6) is 0 Å². The lowest BCUT2D eigenvalue weighted by atomic mass is 10.0. The minimum Gasteiger partial charge on any atom is -0.382 e. The third-order valence-electron chi connectivity index (χ3n) is 4.36. The van der Waals surface area contributed by atoms with Gasteiger partial charge in [-0.25, -0.2) is 32.7 Å². The van der Waals surface area contributed by atoms with E-state index in [1.165, 1.54) is 36.8 Å². The molecule has 0 aliphatic rings. The smallest absolute Gasteiger partial charge is 0.226 e. The molecule has 2 heterocycles. The zero-order valence-electron chi connectivity index (χ0n) is 15.4. The van der Waals surface area contributed by atoms with E-state index < -0.39 is 15.7 Å². The Morgan fingerprint density at radius 1 is 0.767 bits per heavy atom. The summed E-state index contributed by atoms with van der Waals surface area (Å²) < 4.78 is 41.0. The zero-order chi connectivity index (χ0) is 21.3. The Kier molecular flexibility index (Phi) is 4.84. The third kappa shape index (κ3) is 3.55. The Hall–Kier alpha value is -3.92. The molecule has 4 aromatic rings. The van der Waals surface area contributed by atoms with Crippen LogP contribution in [0.15, 0.2) is 77.2 Å². The summed E-state index contributed by atoms with van der Waals surface area (Å²) in [4.78, 5) is 15.4. The molecule has 0 bridgehead atoms. The van der Waals surface area contributed by atoms with Gasteiger partial charge in [0.2, 0.25) is 15.8 Å². The van der Waals surface area contributed by atoms with Gasteiger partial charge in [0.25, 0.3) is 0 Å². The maximum absolute atomic E-state index is 14.8. The van der Waals surface area contributed by atoms with E-state index in [0.29, 0.717) is 16.7 Å². The van der Waals surface area contributed by atoms with Crippen molar-refractivity contribution in [3.63, 3.8) is 0 Å². The number of hydrogen-bond acceptors (Lipinski definition) is 8. The standard InChI is InChI=1S/C20H15FN6O2S/c21-16-7-12(5-6-14(16)13-8-26-20(23)27-9-13)15-3-1-2-4-17(15)30(28,29)19-11-24-18(22)10-25-19/h1-11H,(H2,22,24)(H2,23,26,27). The van der Waals surface area contributed by atoms with Gasteiger partial charge in [-0.15, -0.1) is 0 Å². The summed E-state index contributed by atoms with van der Waals surface area (Å²) in [5.74, 6) is -0.368. The molecule has 2 aromatic heterocycles. The third-order valence-corrected chi connectivity index (χ3v) is 6.06. The Morgan fingerprint density at radius 2 is 1.50 bits per heavy atom. The number of nitrogens with two attached hydrogens (primary N) is 2. The van der Waals surface area contributed by atoms with Gasteiger partial charge < -0.3 is 11.5 Å². The number of aromatic nitrogens is 4. The van der Waals surface area contributed by atoms with E-state index in [0.717, 1.165) is 6.20 Å². The first kappa shape index (κ1) is 19.4. The van der Waals surface area contributed by atoms with Crippen molar-refractivity contribution >= 4 is 21.6 Å². The molecule has 0 saturated carbocycles. The fourth-order valence-corrected chi connectivity index (χ4v) is 4.25. The van der Waals surface area contributed by atoms with Gasteiger partial charge in [-0.3, -0.25) is 0 Å². The van der Waals surface area contributed by atoms with Crippen molar-refractivity contribution in [1.29, 1.82) is 0 Å². The molecule has 4 N–H and O–H groups in total. The van der Waals surface area contributed by atoms with Crippen LogP contribution in [-0.4, -0.2) is 28.4 Å². The van der Waals surface area contributed by atoms with Crippen molar-refractivity contribution in [1.82, 2.24) is 19.9 Å². The Labute approximate surface area is 171 Å². The van der Waals surface area contributed by atoms with Crippen LogP contribution in [-0.2, 0) is 9.84 Å². The van der Waals surface area contributed by atoms with Crippen LogP contribution < -0.4 is 11.5 Å². The van der Waals surface area contributed by atoms with Gasteiger partial charge in [0, 0.05) is 29.1 Å². The van der Waals surface area contributed by atoms with Crippen LogP contribution in [0, 0.1) is 5.82 Å². The highest BCUT2D eigenvalue weighted by atomic mass is 32.2. The molecule has 0 radical (unpaired) electrons. The van der Waals surface area contributed by atoms with Crippen molar-refractivity contribution < 1.29 is 12.8 Å². The van der Waals surface area contributed by atoms with Crippen molar-refractivity contribution in [3.05, 3.63) is 73.1 Å². The predicted molar refractivity (Wildman–Crippen MR) is 109 cm³/mol. The Balaban J connectivity index is 1.80. The van der Waals surface area contributed by atoms with E-state index in [2.05, 4.69) is 19.9 Å². The van der Waals surface area contributed by atoms with Crippen LogP contribution in [0.3, 0.4) is 0 Å². The summed E-state index contributed by atoms with van der Waals surface area (Å²) in [6.45, 7) is 0. The fraction of sp³-hybridized carbons (Fsp3) is 0. The van der Waals surface area contributed by atoms with Crippen LogP contribution >= 0.6 is 0 Å². The largest absolute Gasteiger partial charge is 0.382 e. The molecule has 10 heteroatoms. The van der Waals surface area contributed by atoms with Gasteiger partial charge in [0.15, 0.2) is 5.03 Å². The topological polar surface area (TPSA) is 138 Å². The molecule has 0 fully saturated rings. The monoisotopic (exact) mass is 422 g/mol. The molecule has 8 nitrogen and oxygen atoms in total. The number of anilines is 2. The molecule has 0 spiro atoms. The molecule has 30 heavy (non-hydrogen) atoms. The van der Waals surface area contributed by atoms with Gasteiger partial charge in [-0.1, -0.05) is 30.3 Å². The number of nitrogens with zero attached hydrogens (tertiary/aromatic N) is 4. The second kappa shape index (κ2) is 7.48. The first-order valence-corrected chi connectivity index (χ1v) is 10.1. The normalized spacial score (nSPS) is 11.4. The lowest BCUT2D eigenvalue weighted by molar-refractivity contribution is 0.592. The molecule has 150 valence electrons. The second-order valence-electron chi connectivity index (χ2n) is 6.30. The van der Waals surface area contributed by atoms with Crippen LogP contribution in [0.2, 0.25) is 0 Å². The van der Waals surface area contributed by atoms with Gasteiger partial charge >= 0.3 is 0 Å². The first-order chi connectivity index (χ1) is 14.4. The van der Waals surface area contributed by atoms with E-state index in [9.17, 15) is 12.8 Å². The molecule has 0 unspecified atom stereocenters. The maximum Gasteiger partial charge on any atom is 0.226 e. The molecule has 0 amide bonds. The van der Waals surface area contributed by atoms with E-state index >= 15 is 0 Å². The molecular formula is C20H15FN6O2S. The summed E-state index contributed by atoms with van der Waals surface area (Å²) in [6, 6.07) is 10.7. The van der Waals surface area contributed by atoms with Gasteiger partial charge in [-0.2, -0.15) is 0 Å². The lowest BCUT2D eigenvalue weighted by Crippen LogP contribution is -2.07. The van der Waals surface area contributed by atoms with E-state index in [1.54, 1.807) is 24.3 Å². The summed E-state index contributed by atoms with van der Waals surface area (Å²) in [6.07, 6.45) is 5.09. The average molecular weight is 422 g/mol. The van der Waals surface area contributed by atoms with Crippen molar-refractivity contribution in [2.45, 2.75) is 9.92 Å². The highest BCUT2D eigenvalue weighted by molar-refractivity contribution is 7.91. The summed E-state index contributed by atoms with van der Waals surface area (Å²) in [5.41, 5.74) is 12.4. The van der Waals surface area contributed by atoms with Gasteiger partial charge in [0.1, 0.15) is 11.6 Å². The van der Waals surface area contributed by atoms with Crippen molar-refractivity contribution in [2.75, 3.05) is 11.5 Å². The number of hydrogen-bond donors (Lipinski definition) is 2. The van der Waals surface area contributed by atoms with Crippen molar-refractivity contribution in [2.24, 2.45) is 0 Å². The number of benzene rings is 2. The van der Waals surface area contributed by atoms with E-state index in [-0.39, 0.29) is 27.3 Å². The molecule has 0 atom stereocenters. The van der Waals surface area contributed by atoms with Crippen molar-refractivity contribution in [3.8, 4) is 22.3 Å². The predicted octanol–water partition coefficient (Wildman–Crippen LogP) is 2.74. The number of sulfone groups is 1. The zero-order valence-corrected chi connectivity index (χ0v) is 16.2. The maximum atomic E-state index is 14.8. The molecule has 2 aromatic carbocycles. The highest BCUT2D eigenvalue weighted by Crippen LogP contribution is 2.33. The highest BCUT2D eigenvalue weighted by Gasteiger charge is 2.24. The minimum absolute atomic E-state index is 0.0213. The lowest BCUT2D eigenvalue weighted by Gasteiger charge is -2.12. The summed E-state index contributed by atoms with van der Waals surface area (Å²) in [7, 11) is -4.00. The number of nitrogen functional groups attached to an aromatic ring is 2. The van der Waals surface area contributed by atoms with E-state index in [4.69, 9.17) is 11.5 Å². The number of rotatable bonds is 4. The quantitative estimate of drug-likeness (QED) is 0.512. The second-order valence-corrected chi connectivity index (χ2v) is 8.17. The minimum atomic E-state index is -4.00. The first-order valence-electron chi connectivity index (χ1n) is 8.66.